The summed E-state index contributed by atoms with van der Waals surface area (Å²) in [5.74, 6) is 1.68. The molecule has 302 valence electrons. The number of pyridine rings is 1. The minimum Gasteiger partial charge on any atom is -0.493 e. The van der Waals surface area contributed by atoms with E-state index in [1.54, 1.807) is 43.3 Å². The Morgan fingerprint density at radius 3 is 2.22 bits per heavy atom. The number of fused-ring (bicyclic) bond motifs is 3. The smallest absolute Gasteiger partial charge is 0.408 e. The van der Waals surface area contributed by atoms with Gasteiger partial charge in [0.05, 0.1) is 26.7 Å². The van der Waals surface area contributed by atoms with Crippen LogP contribution in [0.1, 0.15) is 58.4 Å². The number of amides is 1. The van der Waals surface area contributed by atoms with Crippen molar-refractivity contribution in [2.24, 2.45) is 13.0 Å². The van der Waals surface area contributed by atoms with Crippen molar-refractivity contribution in [3.8, 4) is 17.2 Å². The number of carbonyl (C=O) groups is 2. The highest BCUT2D eigenvalue weighted by Crippen LogP contribution is 2.36. The van der Waals surface area contributed by atoms with E-state index in [0.29, 0.717) is 44.3 Å². The molecule has 58 heavy (non-hydrogen) atoms. The van der Waals surface area contributed by atoms with Crippen LogP contribution in [0.4, 0.5) is 4.79 Å². The van der Waals surface area contributed by atoms with E-state index in [9.17, 15) is 9.59 Å². The Labute approximate surface area is 349 Å². The zero-order chi connectivity index (χ0) is 40.6. The van der Waals surface area contributed by atoms with Gasteiger partial charge in [0.2, 0.25) is 0 Å². The largest absolute Gasteiger partial charge is 0.493 e. The fourth-order valence-electron chi connectivity index (χ4n) is 7.81. The van der Waals surface area contributed by atoms with Gasteiger partial charge in [-0.25, -0.2) is 9.36 Å². The molecule has 2 bridgehead atoms. The lowest BCUT2D eigenvalue weighted by Gasteiger charge is -2.43. The molecule has 0 radical (unpaired) electrons. The number of nitrogens with zero attached hydrogens (tertiary/aromatic N) is 2. The molecule has 3 atom stereocenters. The molecule has 0 unspecified atom stereocenters. The number of aromatic nitrogens is 1. The van der Waals surface area contributed by atoms with E-state index >= 15 is 0 Å². The second-order valence-corrected chi connectivity index (χ2v) is 15.6. The third-order valence-electron chi connectivity index (χ3n) is 10.8. The van der Waals surface area contributed by atoms with Crippen molar-refractivity contribution >= 4 is 35.3 Å². The van der Waals surface area contributed by atoms with E-state index in [1.165, 1.54) is 0 Å². The topological polar surface area (TPSA) is 99.4 Å². The van der Waals surface area contributed by atoms with Crippen molar-refractivity contribution in [1.29, 1.82) is 0 Å². The van der Waals surface area contributed by atoms with Crippen LogP contribution in [0, 0.1) is 5.92 Å². The lowest BCUT2D eigenvalue weighted by molar-refractivity contribution is -0.671. The Morgan fingerprint density at radius 1 is 0.810 bits per heavy atom. The Balaban J connectivity index is 1.02. The van der Waals surface area contributed by atoms with Gasteiger partial charge >= 0.3 is 12.1 Å². The molecule has 1 aromatic heterocycles. The first-order valence-electron chi connectivity index (χ1n) is 19.4. The van der Waals surface area contributed by atoms with Crippen molar-refractivity contribution in [3.63, 3.8) is 0 Å². The number of ether oxygens (including phenoxy) is 5. The Morgan fingerprint density at radius 2 is 1.52 bits per heavy atom. The highest BCUT2D eigenvalue weighted by atomic mass is 35.5. The van der Waals surface area contributed by atoms with Gasteiger partial charge in [-0.05, 0) is 83.9 Å². The van der Waals surface area contributed by atoms with Crippen LogP contribution in [0.15, 0.2) is 109 Å². The molecule has 12 heteroatoms. The van der Waals surface area contributed by atoms with E-state index in [1.807, 2.05) is 92.0 Å². The number of piperidine rings is 3. The molecule has 3 aliphatic rings. The second-order valence-electron chi connectivity index (χ2n) is 14.8. The number of hydrogen-bond donors (Lipinski definition) is 1. The summed E-state index contributed by atoms with van der Waals surface area (Å²) in [7, 11) is 4.95. The molecule has 4 aromatic carbocycles. The van der Waals surface area contributed by atoms with Gasteiger partial charge in [-0.15, -0.1) is 0 Å². The van der Waals surface area contributed by atoms with Crippen molar-refractivity contribution < 1.29 is 37.8 Å². The van der Waals surface area contributed by atoms with Crippen molar-refractivity contribution in [2.45, 2.75) is 50.5 Å². The predicted octanol–water partition coefficient (Wildman–Crippen LogP) is 8.39. The van der Waals surface area contributed by atoms with E-state index in [0.717, 1.165) is 54.7 Å². The SMILES string of the molecule is COc1ccc([C@H](Cc2c(Cl)c[n+](C)cc2Cl)OC(=O)Cc2cccc(COc3cccc([C@@H](NC(=O)O[C@H]4CN5CCC4CC5)c4ccccc4)c3)c2)cc1OC. The second kappa shape index (κ2) is 19.0. The summed E-state index contributed by atoms with van der Waals surface area (Å²) in [4.78, 5) is 29.3. The zero-order valence-electron chi connectivity index (χ0n) is 32.9. The van der Waals surface area contributed by atoms with Crippen LogP contribution in [0.3, 0.4) is 0 Å². The molecule has 0 spiro atoms. The van der Waals surface area contributed by atoms with E-state index < -0.39 is 24.2 Å². The molecular weight excluding hydrogens is 777 g/mol. The van der Waals surface area contributed by atoms with Crippen LogP contribution in [-0.4, -0.2) is 56.9 Å². The minimum absolute atomic E-state index is 0.0263. The summed E-state index contributed by atoms with van der Waals surface area (Å²) in [6.07, 6.45) is 4.67. The summed E-state index contributed by atoms with van der Waals surface area (Å²) in [6.45, 7) is 3.20. The average Bonchev–Trinajstić information content (AvgIpc) is 3.23. The molecular formula is C46H48Cl2N3O7+. The van der Waals surface area contributed by atoms with Gasteiger partial charge in [0.15, 0.2) is 23.9 Å². The van der Waals surface area contributed by atoms with Crippen molar-refractivity contribution in [3.05, 3.63) is 153 Å². The van der Waals surface area contributed by atoms with Crippen molar-refractivity contribution in [2.75, 3.05) is 33.9 Å². The number of aryl methyl sites for hydroxylation is 1. The average molecular weight is 826 g/mol. The first-order valence-corrected chi connectivity index (χ1v) is 20.2. The fraction of sp³-hybridized carbons (Fsp3) is 0.326. The van der Waals surface area contributed by atoms with Crippen molar-refractivity contribution in [1.82, 2.24) is 10.2 Å². The lowest BCUT2D eigenvalue weighted by atomic mass is 9.86. The minimum atomic E-state index is -0.717. The quantitative estimate of drug-likeness (QED) is 0.0831. The van der Waals surface area contributed by atoms with Gasteiger partial charge in [0.25, 0.3) is 0 Å². The van der Waals surface area contributed by atoms with Gasteiger partial charge < -0.3 is 29.0 Å². The Bertz CT molecular complexity index is 2190. The fourth-order valence-corrected chi connectivity index (χ4v) is 8.53. The summed E-state index contributed by atoms with van der Waals surface area (Å²) in [5, 5.41) is 4.06. The van der Waals surface area contributed by atoms with Crippen LogP contribution in [-0.2, 0) is 40.8 Å². The molecule has 1 amide bonds. The van der Waals surface area contributed by atoms with Gasteiger partial charge in [-0.3, -0.25) is 9.69 Å². The Kier molecular flexibility index (Phi) is 13.4. The van der Waals surface area contributed by atoms with Crippen LogP contribution in [0.2, 0.25) is 10.0 Å². The third-order valence-corrected chi connectivity index (χ3v) is 11.5. The monoisotopic (exact) mass is 824 g/mol. The first-order chi connectivity index (χ1) is 28.1. The molecule has 10 nitrogen and oxygen atoms in total. The van der Waals surface area contributed by atoms with Crippen LogP contribution < -0.4 is 24.1 Å². The highest BCUT2D eigenvalue weighted by molar-refractivity contribution is 6.35. The molecule has 0 saturated carbocycles. The number of alkyl carbamates (subject to hydrolysis) is 1. The summed E-state index contributed by atoms with van der Waals surface area (Å²) in [6, 6.07) is 30.2. The summed E-state index contributed by atoms with van der Waals surface area (Å²) >= 11 is 13.2. The zero-order valence-corrected chi connectivity index (χ0v) is 34.4. The molecule has 4 heterocycles. The van der Waals surface area contributed by atoms with E-state index in [2.05, 4.69) is 10.2 Å². The summed E-state index contributed by atoms with van der Waals surface area (Å²) in [5.41, 5.74) is 4.80. The predicted molar refractivity (Wildman–Crippen MR) is 221 cm³/mol. The van der Waals surface area contributed by atoms with Gasteiger partial charge in [-0.2, -0.15) is 0 Å². The number of benzene rings is 4. The maximum Gasteiger partial charge on any atom is 0.408 e. The van der Waals surface area contributed by atoms with E-state index in [4.69, 9.17) is 46.9 Å². The number of methoxy groups -OCH3 is 2. The summed E-state index contributed by atoms with van der Waals surface area (Å²) < 4.78 is 31.2. The maximum atomic E-state index is 13.6. The number of rotatable bonds is 15. The number of nitrogens with one attached hydrogen (secondary N) is 1. The maximum absolute atomic E-state index is 13.6. The normalized spacial score (nSPS) is 18.1. The number of esters is 1. The molecule has 8 rings (SSSR count). The van der Waals surface area contributed by atoms with Gasteiger partial charge in [-0.1, -0.05) is 96.0 Å². The van der Waals surface area contributed by atoms with E-state index in [-0.39, 0.29) is 25.6 Å². The number of carbonyl (C=O) groups excluding carboxylic acids is 2. The highest BCUT2D eigenvalue weighted by Gasteiger charge is 2.37. The standard InChI is InChI=1S/C46H47Cl2N3O7/c1-50-26-38(47)37(39(48)27-50)25-41(34-15-16-40(54-2)42(24-34)55-3)57-44(52)22-30-9-7-10-31(21-30)29-56-36-14-8-13-35(23-36)45(33-11-5-4-6-12-33)49-46(53)58-43-28-51-19-17-32(43)18-20-51/h4-16,21,23-24,26-27,32,41,43,45H,17-20,22,25,28-29H2,1-3H3/p+1/t41-,43-,45-/m0/s1. The van der Waals surface area contributed by atoms with Crippen LogP contribution in [0.25, 0.3) is 0 Å². The Hall–Kier alpha value is -5.29. The molecule has 3 aliphatic heterocycles. The van der Waals surface area contributed by atoms with Gasteiger partial charge in [0, 0.05) is 18.5 Å². The molecule has 3 saturated heterocycles. The third kappa shape index (κ3) is 10.2. The van der Waals surface area contributed by atoms with Crippen LogP contribution >= 0.6 is 23.2 Å². The molecule has 5 aromatic rings. The molecule has 3 fully saturated rings. The molecule has 0 aliphatic carbocycles. The number of hydrogen-bond acceptors (Lipinski definition) is 8. The lowest BCUT2D eigenvalue weighted by Crippen LogP contribution is -2.52. The van der Waals surface area contributed by atoms with Gasteiger partial charge in [0.1, 0.15) is 41.7 Å². The first kappa shape index (κ1) is 40.9. The molecule has 1 N–H and O–H groups in total. The number of halogens is 2. The van der Waals surface area contributed by atoms with Crippen LogP contribution in [0.5, 0.6) is 17.2 Å².